The monoisotopic (exact) mass is 259 g/mol. The van der Waals surface area contributed by atoms with E-state index in [0.29, 0.717) is 0 Å². The highest BCUT2D eigenvalue weighted by Crippen LogP contribution is 2.21. The van der Waals surface area contributed by atoms with Crippen LogP contribution in [0, 0.1) is 6.92 Å². The summed E-state index contributed by atoms with van der Waals surface area (Å²) in [7, 11) is 0. The fraction of sp³-hybridized carbons (Fsp3) is 0.462. The zero-order valence-corrected chi connectivity index (χ0v) is 10.9. The number of aryl methyl sites for hydroxylation is 1. The third-order valence-electron chi connectivity index (χ3n) is 3.23. The molecule has 1 fully saturated rings. The maximum Gasteiger partial charge on any atom is 0.125 e. The molecule has 6 nitrogen and oxygen atoms in total. The summed E-state index contributed by atoms with van der Waals surface area (Å²) in [6, 6.07) is 1.93. The molecule has 19 heavy (non-hydrogen) atoms. The van der Waals surface area contributed by atoms with E-state index in [1.165, 1.54) is 0 Å². The van der Waals surface area contributed by atoms with Crippen molar-refractivity contribution < 1.29 is 4.74 Å². The molecule has 1 aliphatic rings. The Kier molecular flexibility index (Phi) is 3.52. The molecule has 0 radical (unpaired) electrons. The standard InChI is InChI=1S/C13H17N5O/c1-10-15-3-2-12(17-10)13-8-18(4-5-19-13)7-11-6-14-9-16-11/h2-3,6,9,13H,4-5,7-8H2,1H3,(H,14,16)/t13-/m1/s1. The molecule has 3 rings (SSSR count). The number of hydrogen-bond acceptors (Lipinski definition) is 5. The lowest BCUT2D eigenvalue weighted by atomic mass is 10.2. The number of ether oxygens (including phenoxy) is 1. The molecule has 1 saturated heterocycles. The molecule has 0 aromatic carbocycles. The Bertz CT molecular complexity index is 528. The van der Waals surface area contributed by atoms with Gasteiger partial charge < -0.3 is 9.72 Å². The minimum Gasteiger partial charge on any atom is -0.369 e. The van der Waals surface area contributed by atoms with Crippen molar-refractivity contribution in [2.75, 3.05) is 19.7 Å². The van der Waals surface area contributed by atoms with Crippen LogP contribution in [0.4, 0.5) is 0 Å². The van der Waals surface area contributed by atoms with Gasteiger partial charge in [-0.2, -0.15) is 0 Å². The second kappa shape index (κ2) is 5.46. The fourth-order valence-electron chi connectivity index (χ4n) is 2.29. The van der Waals surface area contributed by atoms with Crippen LogP contribution in [-0.2, 0) is 11.3 Å². The Labute approximate surface area is 111 Å². The van der Waals surface area contributed by atoms with E-state index in [-0.39, 0.29) is 6.10 Å². The predicted octanol–water partition coefficient (Wildman–Crippen LogP) is 1.08. The van der Waals surface area contributed by atoms with E-state index in [1.807, 2.05) is 19.2 Å². The van der Waals surface area contributed by atoms with Crippen LogP contribution in [-0.4, -0.2) is 44.5 Å². The Hall–Kier alpha value is -1.79. The molecule has 0 bridgehead atoms. The van der Waals surface area contributed by atoms with Crippen LogP contribution in [0.3, 0.4) is 0 Å². The molecule has 1 N–H and O–H groups in total. The van der Waals surface area contributed by atoms with Gasteiger partial charge in [0.25, 0.3) is 0 Å². The van der Waals surface area contributed by atoms with Crippen LogP contribution in [0.15, 0.2) is 24.8 Å². The van der Waals surface area contributed by atoms with Gasteiger partial charge in [-0.25, -0.2) is 15.0 Å². The Morgan fingerprint density at radius 2 is 2.47 bits per heavy atom. The summed E-state index contributed by atoms with van der Waals surface area (Å²) in [6.07, 6.45) is 5.38. The maximum absolute atomic E-state index is 5.81. The average molecular weight is 259 g/mol. The third-order valence-corrected chi connectivity index (χ3v) is 3.23. The molecule has 0 saturated carbocycles. The number of rotatable bonds is 3. The zero-order chi connectivity index (χ0) is 13.1. The van der Waals surface area contributed by atoms with Gasteiger partial charge in [-0.1, -0.05) is 0 Å². The van der Waals surface area contributed by atoms with Crippen LogP contribution in [0.5, 0.6) is 0 Å². The van der Waals surface area contributed by atoms with Crippen molar-refractivity contribution in [1.29, 1.82) is 0 Å². The molecule has 3 heterocycles. The lowest BCUT2D eigenvalue weighted by molar-refractivity contribution is -0.0354. The SMILES string of the molecule is Cc1nccc([C@H]2CN(Cc3cnc[nH]3)CCO2)n1. The molecular formula is C13H17N5O. The van der Waals surface area contributed by atoms with Gasteiger partial charge in [-0.15, -0.1) is 0 Å². The van der Waals surface area contributed by atoms with E-state index in [4.69, 9.17) is 4.74 Å². The highest BCUT2D eigenvalue weighted by Gasteiger charge is 2.23. The molecule has 2 aromatic heterocycles. The van der Waals surface area contributed by atoms with Gasteiger partial charge in [-0.3, -0.25) is 4.90 Å². The molecule has 1 aliphatic heterocycles. The molecule has 0 amide bonds. The van der Waals surface area contributed by atoms with Gasteiger partial charge in [0.15, 0.2) is 0 Å². The maximum atomic E-state index is 5.81. The molecule has 100 valence electrons. The Morgan fingerprint density at radius 3 is 3.26 bits per heavy atom. The lowest BCUT2D eigenvalue weighted by Crippen LogP contribution is -2.38. The number of morpholine rings is 1. The van der Waals surface area contributed by atoms with Crippen molar-refractivity contribution >= 4 is 0 Å². The summed E-state index contributed by atoms with van der Waals surface area (Å²) in [6.45, 7) is 5.26. The van der Waals surface area contributed by atoms with E-state index < -0.39 is 0 Å². The van der Waals surface area contributed by atoms with Gasteiger partial charge in [0.05, 0.1) is 18.6 Å². The molecule has 6 heteroatoms. The predicted molar refractivity (Wildman–Crippen MR) is 69.3 cm³/mol. The van der Waals surface area contributed by atoms with Gasteiger partial charge in [0, 0.05) is 37.7 Å². The second-order valence-corrected chi connectivity index (χ2v) is 4.70. The van der Waals surface area contributed by atoms with Crippen molar-refractivity contribution in [3.8, 4) is 0 Å². The van der Waals surface area contributed by atoms with E-state index in [0.717, 1.165) is 43.5 Å². The average Bonchev–Trinajstić information content (AvgIpc) is 2.92. The Balaban J connectivity index is 1.67. The summed E-state index contributed by atoms with van der Waals surface area (Å²) >= 11 is 0. The van der Waals surface area contributed by atoms with Gasteiger partial charge in [-0.05, 0) is 13.0 Å². The van der Waals surface area contributed by atoms with Crippen LogP contribution in [0.2, 0.25) is 0 Å². The van der Waals surface area contributed by atoms with Crippen LogP contribution in [0.1, 0.15) is 23.3 Å². The number of H-pyrrole nitrogens is 1. The molecule has 0 unspecified atom stereocenters. The van der Waals surface area contributed by atoms with Crippen LogP contribution in [0.25, 0.3) is 0 Å². The fourth-order valence-corrected chi connectivity index (χ4v) is 2.29. The van der Waals surface area contributed by atoms with Crippen molar-refractivity contribution in [1.82, 2.24) is 24.8 Å². The van der Waals surface area contributed by atoms with Crippen molar-refractivity contribution in [2.45, 2.75) is 19.6 Å². The highest BCUT2D eigenvalue weighted by molar-refractivity contribution is 5.07. The number of hydrogen-bond donors (Lipinski definition) is 1. The third kappa shape index (κ3) is 2.97. The minimum atomic E-state index is 0.0263. The summed E-state index contributed by atoms with van der Waals surface area (Å²) in [5.74, 6) is 0.784. The van der Waals surface area contributed by atoms with Gasteiger partial charge >= 0.3 is 0 Å². The largest absolute Gasteiger partial charge is 0.369 e. The van der Waals surface area contributed by atoms with E-state index >= 15 is 0 Å². The summed E-state index contributed by atoms with van der Waals surface area (Å²) in [4.78, 5) is 18.1. The number of nitrogens with zero attached hydrogens (tertiary/aromatic N) is 4. The molecule has 2 aromatic rings. The first-order valence-corrected chi connectivity index (χ1v) is 6.42. The van der Waals surface area contributed by atoms with Crippen LogP contribution >= 0.6 is 0 Å². The minimum absolute atomic E-state index is 0.0263. The topological polar surface area (TPSA) is 66.9 Å². The second-order valence-electron chi connectivity index (χ2n) is 4.70. The number of aromatic amines is 1. The molecule has 0 aliphatic carbocycles. The van der Waals surface area contributed by atoms with Gasteiger partial charge in [0.2, 0.25) is 0 Å². The van der Waals surface area contributed by atoms with E-state index in [2.05, 4.69) is 24.8 Å². The number of imidazole rings is 1. The molecular weight excluding hydrogens is 242 g/mol. The number of nitrogens with one attached hydrogen (secondary N) is 1. The van der Waals surface area contributed by atoms with Crippen molar-refractivity contribution in [2.24, 2.45) is 0 Å². The van der Waals surface area contributed by atoms with E-state index in [9.17, 15) is 0 Å². The highest BCUT2D eigenvalue weighted by atomic mass is 16.5. The quantitative estimate of drug-likeness (QED) is 0.893. The lowest BCUT2D eigenvalue weighted by Gasteiger charge is -2.32. The first-order chi connectivity index (χ1) is 9.31. The molecule has 0 spiro atoms. The summed E-state index contributed by atoms with van der Waals surface area (Å²) in [5.41, 5.74) is 2.08. The molecule has 1 atom stereocenters. The first-order valence-electron chi connectivity index (χ1n) is 6.42. The smallest absolute Gasteiger partial charge is 0.125 e. The van der Waals surface area contributed by atoms with E-state index in [1.54, 1.807) is 12.5 Å². The normalized spacial score (nSPS) is 20.6. The van der Waals surface area contributed by atoms with Crippen molar-refractivity contribution in [3.63, 3.8) is 0 Å². The van der Waals surface area contributed by atoms with Gasteiger partial charge in [0.1, 0.15) is 11.9 Å². The number of aromatic nitrogens is 4. The Morgan fingerprint density at radius 1 is 1.53 bits per heavy atom. The zero-order valence-electron chi connectivity index (χ0n) is 10.9. The first kappa shape index (κ1) is 12.3. The van der Waals surface area contributed by atoms with Crippen LogP contribution < -0.4 is 0 Å². The summed E-state index contributed by atoms with van der Waals surface area (Å²) < 4.78 is 5.81. The summed E-state index contributed by atoms with van der Waals surface area (Å²) in [5, 5.41) is 0. The van der Waals surface area contributed by atoms with Crippen molar-refractivity contribution in [3.05, 3.63) is 42.0 Å².